The molecule has 5 heteroatoms. The Morgan fingerprint density at radius 2 is 2.04 bits per heavy atom. The molecular weight excluding hydrogens is 347 g/mol. The molecule has 0 aromatic heterocycles. The quantitative estimate of drug-likeness (QED) is 0.229. The van der Waals surface area contributed by atoms with Gasteiger partial charge in [-0.25, -0.2) is 4.39 Å². The summed E-state index contributed by atoms with van der Waals surface area (Å²) in [5.41, 5.74) is -2.10. The van der Waals surface area contributed by atoms with Gasteiger partial charge in [0.15, 0.2) is 0 Å². The summed E-state index contributed by atoms with van der Waals surface area (Å²) in [5, 5.41) is 29.8. The van der Waals surface area contributed by atoms with E-state index in [4.69, 9.17) is 5.11 Å². The molecule has 1 aliphatic carbocycles. The SMILES string of the molecule is CC(C)CCC(C)(F)CC=C(O)[C@]1(C/C=C\CCCC(=O)O)CCC[C@@H]1O. The molecule has 0 aromatic carbocycles. The summed E-state index contributed by atoms with van der Waals surface area (Å²) >= 11 is 0. The lowest BCUT2D eigenvalue weighted by atomic mass is 9.77. The van der Waals surface area contributed by atoms with Crippen LogP contribution in [0.1, 0.15) is 85.0 Å². The number of carboxylic acids is 1. The molecule has 0 heterocycles. The molecule has 0 bridgehead atoms. The van der Waals surface area contributed by atoms with E-state index in [1.807, 2.05) is 12.2 Å². The molecule has 1 aliphatic rings. The molecule has 1 saturated carbocycles. The van der Waals surface area contributed by atoms with Crippen molar-refractivity contribution in [1.82, 2.24) is 0 Å². The minimum absolute atomic E-state index is 0.0936. The predicted octanol–water partition coefficient (Wildman–Crippen LogP) is 5.72. The molecule has 0 aliphatic heterocycles. The Bertz CT molecular complexity index is 524. The van der Waals surface area contributed by atoms with Crippen molar-refractivity contribution in [2.24, 2.45) is 11.3 Å². The maximum Gasteiger partial charge on any atom is 0.303 e. The normalized spacial score (nSPS) is 26.0. The Kier molecular flexibility index (Phi) is 9.51. The van der Waals surface area contributed by atoms with Crippen molar-refractivity contribution in [3.05, 3.63) is 24.0 Å². The number of aliphatic carboxylic acids is 1. The van der Waals surface area contributed by atoms with E-state index < -0.39 is 23.2 Å². The fraction of sp³-hybridized carbons (Fsp3) is 0.773. The molecule has 0 saturated heterocycles. The van der Waals surface area contributed by atoms with E-state index >= 15 is 0 Å². The van der Waals surface area contributed by atoms with E-state index in [0.717, 1.165) is 12.8 Å². The minimum Gasteiger partial charge on any atom is -0.512 e. The number of aliphatic hydroxyl groups is 2. The molecule has 156 valence electrons. The number of allylic oxidation sites excluding steroid dienone is 3. The van der Waals surface area contributed by atoms with Crippen LogP contribution in [0, 0.1) is 11.3 Å². The van der Waals surface area contributed by atoms with Gasteiger partial charge in [0.2, 0.25) is 0 Å². The average molecular weight is 385 g/mol. The number of halogens is 1. The van der Waals surface area contributed by atoms with Gasteiger partial charge in [0, 0.05) is 12.8 Å². The minimum atomic E-state index is -1.37. The first-order chi connectivity index (χ1) is 12.6. The number of unbranched alkanes of at least 4 members (excludes halogenated alkanes) is 1. The summed E-state index contributed by atoms with van der Waals surface area (Å²) in [7, 11) is 0. The van der Waals surface area contributed by atoms with E-state index in [1.165, 1.54) is 0 Å². The van der Waals surface area contributed by atoms with Gasteiger partial charge in [0.25, 0.3) is 0 Å². The number of carbonyl (C=O) groups is 1. The summed E-state index contributed by atoms with van der Waals surface area (Å²) in [6.07, 6.45) is 10.1. The number of rotatable bonds is 12. The lowest BCUT2D eigenvalue weighted by Gasteiger charge is -2.32. The van der Waals surface area contributed by atoms with Crippen LogP contribution in [-0.4, -0.2) is 33.1 Å². The van der Waals surface area contributed by atoms with E-state index in [-0.39, 0.29) is 18.6 Å². The van der Waals surface area contributed by atoms with Crippen LogP contribution in [0.4, 0.5) is 4.39 Å². The first kappa shape index (κ1) is 23.7. The molecule has 1 fully saturated rings. The molecule has 1 rings (SSSR count). The first-order valence-corrected chi connectivity index (χ1v) is 10.2. The zero-order chi connectivity index (χ0) is 20.5. The molecule has 0 aromatic rings. The largest absolute Gasteiger partial charge is 0.512 e. The Morgan fingerprint density at radius 3 is 2.59 bits per heavy atom. The van der Waals surface area contributed by atoms with E-state index in [2.05, 4.69) is 13.8 Å². The molecule has 0 spiro atoms. The zero-order valence-corrected chi connectivity index (χ0v) is 17.1. The third-order valence-corrected chi connectivity index (χ3v) is 5.62. The third kappa shape index (κ3) is 8.04. The van der Waals surface area contributed by atoms with Crippen molar-refractivity contribution >= 4 is 5.97 Å². The van der Waals surface area contributed by atoms with Crippen molar-refractivity contribution in [2.75, 3.05) is 0 Å². The summed E-state index contributed by atoms with van der Waals surface area (Å²) in [6, 6.07) is 0. The highest BCUT2D eigenvalue weighted by Crippen LogP contribution is 2.47. The highest BCUT2D eigenvalue weighted by atomic mass is 19.1. The van der Waals surface area contributed by atoms with Crippen molar-refractivity contribution in [3.63, 3.8) is 0 Å². The lowest BCUT2D eigenvalue weighted by Crippen LogP contribution is -2.32. The van der Waals surface area contributed by atoms with E-state index in [1.54, 1.807) is 13.0 Å². The summed E-state index contributed by atoms with van der Waals surface area (Å²) in [6.45, 7) is 5.70. The van der Waals surface area contributed by atoms with Gasteiger partial charge in [-0.05, 0) is 70.3 Å². The molecule has 3 N–H and O–H groups in total. The number of carboxylic acid groups (broad SMARTS) is 1. The van der Waals surface area contributed by atoms with Crippen LogP contribution in [0.3, 0.4) is 0 Å². The number of alkyl halides is 1. The molecule has 4 nitrogen and oxygen atoms in total. The topological polar surface area (TPSA) is 77.8 Å². The van der Waals surface area contributed by atoms with Gasteiger partial charge >= 0.3 is 5.97 Å². The van der Waals surface area contributed by atoms with Gasteiger partial charge in [-0.1, -0.05) is 26.0 Å². The maximum absolute atomic E-state index is 14.7. The second-order valence-electron chi connectivity index (χ2n) is 8.67. The van der Waals surface area contributed by atoms with Crippen molar-refractivity contribution in [1.29, 1.82) is 0 Å². The summed E-state index contributed by atoms with van der Waals surface area (Å²) in [4.78, 5) is 10.5. The standard InChI is InChI=1S/C22H37FO4/c1-17(2)11-15-21(3,23)16-12-19(25)22(14-8-9-18(22)24)13-7-5-4-6-10-20(26)27/h5,7,12,17-18,24-25H,4,6,8-11,13-16H2,1-3H3,(H,26,27)/b7-5-,19-12?/t18-,21?,22+/m0/s1. The zero-order valence-electron chi connectivity index (χ0n) is 17.1. The summed E-state index contributed by atoms with van der Waals surface area (Å²) < 4.78 is 14.7. The monoisotopic (exact) mass is 384 g/mol. The second kappa shape index (κ2) is 10.8. The fourth-order valence-electron chi connectivity index (χ4n) is 3.68. The predicted molar refractivity (Wildman–Crippen MR) is 106 cm³/mol. The van der Waals surface area contributed by atoms with Crippen LogP contribution in [-0.2, 0) is 4.79 Å². The van der Waals surface area contributed by atoms with Gasteiger partial charge in [-0.15, -0.1) is 0 Å². The first-order valence-electron chi connectivity index (χ1n) is 10.2. The van der Waals surface area contributed by atoms with Gasteiger partial charge in [0.05, 0.1) is 17.3 Å². The van der Waals surface area contributed by atoms with Crippen LogP contribution < -0.4 is 0 Å². The Hall–Kier alpha value is -1.36. The number of hydrogen-bond donors (Lipinski definition) is 3. The second-order valence-corrected chi connectivity index (χ2v) is 8.67. The van der Waals surface area contributed by atoms with E-state index in [9.17, 15) is 19.4 Å². The van der Waals surface area contributed by atoms with Crippen LogP contribution in [0.15, 0.2) is 24.0 Å². The Labute approximate surface area is 163 Å². The van der Waals surface area contributed by atoms with Crippen molar-refractivity contribution in [3.8, 4) is 0 Å². The van der Waals surface area contributed by atoms with Crippen molar-refractivity contribution in [2.45, 2.75) is 96.8 Å². The van der Waals surface area contributed by atoms with Crippen LogP contribution in [0.25, 0.3) is 0 Å². The number of hydrogen-bond acceptors (Lipinski definition) is 3. The van der Waals surface area contributed by atoms with Crippen LogP contribution in [0.2, 0.25) is 0 Å². The highest BCUT2D eigenvalue weighted by molar-refractivity contribution is 5.66. The van der Waals surface area contributed by atoms with Gasteiger partial charge in [-0.2, -0.15) is 0 Å². The van der Waals surface area contributed by atoms with Crippen LogP contribution >= 0.6 is 0 Å². The van der Waals surface area contributed by atoms with Crippen LogP contribution in [0.5, 0.6) is 0 Å². The molecule has 27 heavy (non-hydrogen) atoms. The average Bonchev–Trinajstić information content (AvgIpc) is 2.96. The molecule has 1 unspecified atom stereocenters. The van der Waals surface area contributed by atoms with Gasteiger partial charge in [-0.3, -0.25) is 4.79 Å². The Balaban J connectivity index is 2.71. The van der Waals surface area contributed by atoms with Gasteiger partial charge < -0.3 is 15.3 Å². The smallest absolute Gasteiger partial charge is 0.303 e. The van der Waals surface area contributed by atoms with E-state index in [0.29, 0.717) is 44.4 Å². The van der Waals surface area contributed by atoms with Crippen molar-refractivity contribution < 1.29 is 24.5 Å². The number of aliphatic hydroxyl groups excluding tert-OH is 2. The molecule has 0 radical (unpaired) electrons. The van der Waals surface area contributed by atoms with Gasteiger partial charge in [0.1, 0.15) is 5.67 Å². The molecule has 0 amide bonds. The fourth-order valence-corrected chi connectivity index (χ4v) is 3.68. The highest BCUT2D eigenvalue weighted by Gasteiger charge is 2.44. The summed E-state index contributed by atoms with van der Waals surface area (Å²) in [5.74, 6) is -0.276. The maximum atomic E-state index is 14.7. The third-order valence-electron chi connectivity index (χ3n) is 5.62. The lowest BCUT2D eigenvalue weighted by molar-refractivity contribution is -0.137. The molecule has 3 atom stereocenters. The molecular formula is C22H37FO4. The Morgan fingerprint density at radius 1 is 1.33 bits per heavy atom.